The number of aromatic nitrogens is 3. The van der Waals surface area contributed by atoms with Crippen LogP contribution in [-0.2, 0) is 6.54 Å². The van der Waals surface area contributed by atoms with Crippen LogP contribution in [0.15, 0.2) is 35.2 Å². The summed E-state index contributed by atoms with van der Waals surface area (Å²) >= 11 is 3.35. The zero-order valence-electron chi connectivity index (χ0n) is 9.02. The van der Waals surface area contributed by atoms with E-state index in [4.69, 9.17) is 0 Å². The number of hydrogen-bond donors (Lipinski definition) is 1. The molecule has 4 nitrogen and oxygen atoms in total. The molecule has 0 saturated carbocycles. The smallest absolute Gasteiger partial charge is 0.126 e. The molecule has 0 radical (unpaired) electrons. The Hall–Kier alpha value is -1.36. The number of nitrogens with one attached hydrogen (secondary N) is 1. The van der Waals surface area contributed by atoms with Gasteiger partial charge in [0.1, 0.15) is 5.82 Å². The number of halogens is 1. The minimum absolute atomic E-state index is 0.815. The zero-order chi connectivity index (χ0) is 11.4. The van der Waals surface area contributed by atoms with Crippen LogP contribution in [0.1, 0.15) is 5.56 Å². The molecule has 0 aliphatic carbocycles. The Morgan fingerprint density at radius 2 is 2.25 bits per heavy atom. The van der Waals surface area contributed by atoms with E-state index in [0.717, 1.165) is 23.4 Å². The normalized spacial score (nSPS) is 10.4. The van der Waals surface area contributed by atoms with E-state index in [-0.39, 0.29) is 0 Å². The largest absolute Gasteiger partial charge is 0.368 e. The molecule has 2 rings (SSSR count). The summed E-state index contributed by atoms with van der Waals surface area (Å²) in [6, 6.07) is 3.91. The molecule has 0 bridgehead atoms. The molecule has 2 heterocycles. The van der Waals surface area contributed by atoms with Crippen LogP contribution in [0.2, 0.25) is 0 Å². The monoisotopic (exact) mass is 280 g/mol. The summed E-state index contributed by atoms with van der Waals surface area (Å²) in [6.07, 6.45) is 5.66. The lowest BCUT2D eigenvalue weighted by Crippen LogP contribution is -2.11. The van der Waals surface area contributed by atoms with Crippen molar-refractivity contribution in [1.29, 1.82) is 0 Å². The molecular weight excluding hydrogens is 268 g/mol. The third-order valence-corrected chi connectivity index (χ3v) is 2.61. The highest BCUT2D eigenvalue weighted by molar-refractivity contribution is 9.10. The van der Waals surface area contributed by atoms with Crippen molar-refractivity contribution in [2.45, 2.75) is 13.5 Å². The van der Waals surface area contributed by atoms with Gasteiger partial charge >= 0.3 is 0 Å². The van der Waals surface area contributed by atoms with Gasteiger partial charge in [-0.15, -0.1) is 0 Å². The van der Waals surface area contributed by atoms with E-state index in [2.05, 4.69) is 31.3 Å². The predicted octanol–water partition coefficient (Wildman–Crippen LogP) is 2.46. The Kier molecular flexibility index (Phi) is 3.56. The molecule has 0 aromatic carbocycles. The number of aryl methyl sites for hydroxylation is 1. The van der Waals surface area contributed by atoms with Crippen LogP contribution < -0.4 is 5.32 Å². The van der Waals surface area contributed by atoms with E-state index < -0.39 is 0 Å². The summed E-state index contributed by atoms with van der Waals surface area (Å²) < 4.78 is 2.90. The van der Waals surface area contributed by atoms with Crippen molar-refractivity contribution in [3.8, 4) is 0 Å². The van der Waals surface area contributed by atoms with E-state index in [0.29, 0.717) is 0 Å². The van der Waals surface area contributed by atoms with Crippen LogP contribution in [0.4, 0.5) is 5.82 Å². The first-order valence-electron chi connectivity index (χ1n) is 5.08. The maximum atomic E-state index is 4.23. The van der Waals surface area contributed by atoms with Crippen LogP contribution in [0, 0.1) is 6.92 Å². The maximum absolute atomic E-state index is 4.23. The third-order valence-electron chi connectivity index (χ3n) is 2.14. The van der Waals surface area contributed by atoms with Gasteiger partial charge in [0, 0.05) is 23.4 Å². The van der Waals surface area contributed by atoms with Gasteiger partial charge in [0.25, 0.3) is 0 Å². The average Bonchev–Trinajstić information content (AvgIpc) is 2.67. The first kappa shape index (κ1) is 11.1. The topological polar surface area (TPSA) is 42.7 Å². The first-order valence-corrected chi connectivity index (χ1v) is 5.88. The Balaban J connectivity index is 1.82. The molecule has 84 valence electrons. The van der Waals surface area contributed by atoms with Gasteiger partial charge < -0.3 is 5.32 Å². The minimum atomic E-state index is 0.815. The fourth-order valence-corrected chi connectivity index (χ4v) is 1.60. The van der Waals surface area contributed by atoms with Gasteiger partial charge in [-0.05, 0) is 40.5 Å². The van der Waals surface area contributed by atoms with Crippen molar-refractivity contribution < 1.29 is 0 Å². The third kappa shape index (κ3) is 3.06. The molecule has 0 atom stereocenters. The summed E-state index contributed by atoms with van der Waals surface area (Å²) in [6.45, 7) is 3.69. The molecule has 0 aliphatic rings. The number of nitrogens with zero attached hydrogens (tertiary/aromatic N) is 3. The van der Waals surface area contributed by atoms with Gasteiger partial charge in [-0.3, -0.25) is 4.68 Å². The van der Waals surface area contributed by atoms with Crippen LogP contribution in [0.3, 0.4) is 0 Å². The van der Waals surface area contributed by atoms with E-state index in [1.807, 2.05) is 36.1 Å². The lowest BCUT2D eigenvalue weighted by atomic mass is 10.4. The maximum Gasteiger partial charge on any atom is 0.126 e. The van der Waals surface area contributed by atoms with Gasteiger partial charge in [-0.25, -0.2) is 4.98 Å². The highest BCUT2D eigenvalue weighted by Crippen LogP contribution is 2.10. The molecule has 1 N–H and O–H groups in total. The molecule has 0 aliphatic heterocycles. The number of pyridine rings is 1. The summed E-state index contributed by atoms with van der Waals surface area (Å²) in [5, 5.41) is 7.45. The van der Waals surface area contributed by atoms with Crippen molar-refractivity contribution in [2.24, 2.45) is 0 Å². The van der Waals surface area contributed by atoms with Crippen LogP contribution in [0.25, 0.3) is 0 Å². The first-order chi connectivity index (χ1) is 7.74. The standard InChI is InChI=1S/C11H13BrN4/c1-9-6-15-16(8-9)5-4-13-11-3-2-10(12)7-14-11/h2-3,6-8H,4-5H2,1H3,(H,13,14). The highest BCUT2D eigenvalue weighted by Gasteiger charge is 1.95. The average molecular weight is 281 g/mol. The minimum Gasteiger partial charge on any atom is -0.368 e. The Morgan fingerprint density at radius 3 is 2.88 bits per heavy atom. The van der Waals surface area contributed by atoms with Gasteiger partial charge in [-0.2, -0.15) is 5.10 Å². The molecule has 0 spiro atoms. The van der Waals surface area contributed by atoms with E-state index in [9.17, 15) is 0 Å². The number of rotatable bonds is 4. The van der Waals surface area contributed by atoms with Gasteiger partial charge in [0.2, 0.25) is 0 Å². The lowest BCUT2D eigenvalue weighted by Gasteiger charge is -2.05. The van der Waals surface area contributed by atoms with Crippen molar-refractivity contribution >= 4 is 21.7 Å². The molecule has 2 aromatic rings. The van der Waals surface area contributed by atoms with Gasteiger partial charge in [0.15, 0.2) is 0 Å². The molecule has 0 unspecified atom stereocenters. The van der Waals surface area contributed by atoms with Crippen LogP contribution in [-0.4, -0.2) is 21.3 Å². The quantitative estimate of drug-likeness (QED) is 0.936. The zero-order valence-corrected chi connectivity index (χ0v) is 10.6. The Labute approximate surface area is 103 Å². The van der Waals surface area contributed by atoms with Crippen molar-refractivity contribution in [3.63, 3.8) is 0 Å². The summed E-state index contributed by atoms with van der Waals surface area (Å²) in [7, 11) is 0. The van der Waals surface area contributed by atoms with E-state index in [1.54, 1.807) is 6.20 Å². The SMILES string of the molecule is Cc1cnn(CCNc2ccc(Br)cn2)c1. The second-order valence-electron chi connectivity index (χ2n) is 3.57. The van der Waals surface area contributed by atoms with Gasteiger partial charge in [0.05, 0.1) is 12.7 Å². The van der Waals surface area contributed by atoms with Crippen molar-refractivity contribution in [1.82, 2.24) is 14.8 Å². The summed E-state index contributed by atoms with van der Waals surface area (Å²) in [5.74, 6) is 0.882. The number of anilines is 1. The second kappa shape index (κ2) is 5.12. The molecule has 0 fully saturated rings. The molecule has 0 saturated heterocycles. The number of hydrogen-bond acceptors (Lipinski definition) is 3. The molecule has 16 heavy (non-hydrogen) atoms. The summed E-state index contributed by atoms with van der Waals surface area (Å²) in [5.41, 5.74) is 1.18. The Morgan fingerprint density at radius 1 is 1.38 bits per heavy atom. The van der Waals surface area contributed by atoms with Crippen molar-refractivity contribution in [3.05, 3.63) is 40.8 Å². The fraction of sp³-hybridized carbons (Fsp3) is 0.273. The van der Waals surface area contributed by atoms with Crippen LogP contribution in [0.5, 0.6) is 0 Å². The fourth-order valence-electron chi connectivity index (χ4n) is 1.37. The second-order valence-corrected chi connectivity index (χ2v) is 4.48. The molecule has 2 aromatic heterocycles. The van der Waals surface area contributed by atoms with E-state index in [1.165, 1.54) is 5.56 Å². The summed E-state index contributed by atoms with van der Waals surface area (Å²) in [4.78, 5) is 4.23. The van der Waals surface area contributed by atoms with Crippen LogP contribution >= 0.6 is 15.9 Å². The predicted molar refractivity (Wildman–Crippen MR) is 67.4 cm³/mol. The molecule has 5 heteroatoms. The van der Waals surface area contributed by atoms with Gasteiger partial charge in [-0.1, -0.05) is 0 Å². The molecular formula is C11H13BrN4. The highest BCUT2D eigenvalue weighted by atomic mass is 79.9. The molecule has 0 amide bonds. The Bertz CT molecular complexity index is 449. The lowest BCUT2D eigenvalue weighted by molar-refractivity contribution is 0.636. The van der Waals surface area contributed by atoms with E-state index >= 15 is 0 Å². The van der Waals surface area contributed by atoms with Crippen molar-refractivity contribution in [2.75, 3.05) is 11.9 Å².